The van der Waals surface area contributed by atoms with Crippen molar-refractivity contribution in [2.75, 3.05) is 25.6 Å². The van der Waals surface area contributed by atoms with Crippen molar-refractivity contribution >= 4 is 5.95 Å². The molecule has 1 heterocycles. The zero-order chi connectivity index (χ0) is 14.5. The number of benzene rings is 1. The zero-order valence-electron chi connectivity index (χ0n) is 11.8. The van der Waals surface area contributed by atoms with Crippen LogP contribution in [0, 0.1) is 18.3 Å². The number of hydrogen-bond donors (Lipinski definition) is 0. The lowest BCUT2D eigenvalue weighted by Gasteiger charge is -2.13. The van der Waals surface area contributed by atoms with E-state index >= 15 is 0 Å². The Labute approximate surface area is 118 Å². The van der Waals surface area contributed by atoms with Crippen LogP contribution in [-0.2, 0) is 0 Å². The lowest BCUT2D eigenvalue weighted by Crippen LogP contribution is -2.19. The summed E-state index contributed by atoms with van der Waals surface area (Å²) in [5.74, 6) is 1.40. The summed E-state index contributed by atoms with van der Waals surface area (Å²) in [6.07, 6.45) is 3.52. The number of ether oxygens (including phenoxy) is 1. The van der Waals surface area contributed by atoms with Crippen molar-refractivity contribution in [3.05, 3.63) is 36.2 Å². The molecule has 102 valence electrons. The van der Waals surface area contributed by atoms with Crippen LogP contribution < -0.4 is 9.64 Å². The second kappa shape index (κ2) is 6.02. The highest BCUT2D eigenvalue weighted by molar-refractivity contribution is 5.64. The van der Waals surface area contributed by atoms with Crippen molar-refractivity contribution in [2.45, 2.75) is 6.92 Å². The van der Waals surface area contributed by atoms with Crippen molar-refractivity contribution in [1.82, 2.24) is 9.97 Å². The van der Waals surface area contributed by atoms with E-state index in [9.17, 15) is 0 Å². The molecule has 2 aromatic rings. The maximum absolute atomic E-state index is 8.65. The van der Waals surface area contributed by atoms with Crippen LogP contribution in [0.2, 0.25) is 0 Å². The van der Waals surface area contributed by atoms with Crippen molar-refractivity contribution in [3.63, 3.8) is 0 Å². The molecule has 0 aliphatic rings. The quantitative estimate of drug-likeness (QED) is 0.797. The fraction of sp³-hybridized carbons (Fsp3) is 0.267. The molecule has 2 rings (SSSR count). The summed E-state index contributed by atoms with van der Waals surface area (Å²) in [6.45, 7) is 2.26. The second-order valence-corrected chi connectivity index (χ2v) is 4.47. The molecule has 5 heteroatoms. The van der Waals surface area contributed by atoms with Crippen molar-refractivity contribution in [1.29, 1.82) is 5.26 Å². The lowest BCUT2D eigenvalue weighted by molar-refractivity contribution is 0.412. The van der Waals surface area contributed by atoms with Crippen LogP contribution in [0.15, 0.2) is 30.6 Å². The molecular formula is C15H16N4O. The van der Waals surface area contributed by atoms with Gasteiger partial charge in [-0.1, -0.05) is 6.07 Å². The zero-order valence-corrected chi connectivity index (χ0v) is 11.8. The van der Waals surface area contributed by atoms with Crippen LogP contribution in [0.4, 0.5) is 5.95 Å². The Morgan fingerprint density at radius 3 is 2.50 bits per heavy atom. The molecule has 1 aromatic carbocycles. The third-order valence-corrected chi connectivity index (χ3v) is 3.02. The third kappa shape index (κ3) is 2.86. The molecule has 0 unspecified atom stereocenters. The van der Waals surface area contributed by atoms with Gasteiger partial charge >= 0.3 is 0 Å². The number of aromatic nitrogens is 2. The van der Waals surface area contributed by atoms with Crippen LogP contribution in [0.3, 0.4) is 0 Å². The Hall–Kier alpha value is -2.61. The molecule has 0 spiro atoms. The van der Waals surface area contributed by atoms with Gasteiger partial charge in [0, 0.05) is 25.0 Å². The Bertz CT molecular complexity index is 631. The van der Waals surface area contributed by atoms with Gasteiger partial charge in [-0.3, -0.25) is 0 Å². The number of aryl methyl sites for hydroxylation is 1. The minimum absolute atomic E-state index is 0.265. The summed E-state index contributed by atoms with van der Waals surface area (Å²) in [6, 6.07) is 8.01. The fourth-order valence-corrected chi connectivity index (χ4v) is 1.90. The monoisotopic (exact) mass is 268 g/mol. The van der Waals surface area contributed by atoms with Crippen LogP contribution in [-0.4, -0.2) is 30.7 Å². The van der Waals surface area contributed by atoms with E-state index in [-0.39, 0.29) is 6.54 Å². The van der Waals surface area contributed by atoms with Crippen LogP contribution in [0.5, 0.6) is 5.75 Å². The van der Waals surface area contributed by atoms with E-state index in [2.05, 4.69) is 16.0 Å². The van der Waals surface area contributed by atoms with Gasteiger partial charge in [0.05, 0.1) is 13.2 Å². The minimum Gasteiger partial charge on any atom is -0.496 e. The first kappa shape index (κ1) is 13.8. The Morgan fingerprint density at radius 1 is 1.25 bits per heavy atom. The van der Waals surface area contributed by atoms with Gasteiger partial charge in [0.25, 0.3) is 0 Å². The molecule has 0 saturated heterocycles. The molecule has 0 bridgehead atoms. The van der Waals surface area contributed by atoms with Crippen molar-refractivity contribution in [2.24, 2.45) is 0 Å². The molecule has 20 heavy (non-hydrogen) atoms. The number of rotatable bonds is 4. The molecule has 5 nitrogen and oxygen atoms in total. The van der Waals surface area contributed by atoms with E-state index in [0.717, 1.165) is 22.4 Å². The summed E-state index contributed by atoms with van der Waals surface area (Å²) in [4.78, 5) is 10.3. The highest BCUT2D eigenvalue weighted by Crippen LogP contribution is 2.25. The second-order valence-electron chi connectivity index (χ2n) is 4.47. The van der Waals surface area contributed by atoms with E-state index in [1.807, 2.05) is 25.1 Å². The first-order chi connectivity index (χ1) is 9.65. The predicted molar refractivity (Wildman–Crippen MR) is 77.6 cm³/mol. The van der Waals surface area contributed by atoms with Gasteiger partial charge in [-0.2, -0.15) is 5.26 Å². The average Bonchev–Trinajstić information content (AvgIpc) is 2.47. The SMILES string of the molecule is COc1ccc(-c2cnc(N(C)CC#N)nc2)cc1C. The number of methoxy groups -OCH3 is 1. The van der Waals surface area contributed by atoms with Crippen LogP contribution in [0.25, 0.3) is 11.1 Å². The molecule has 0 saturated carbocycles. The Morgan fingerprint density at radius 2 is 1.95 bits per heavy atom. The third-order valence-electron chi connectivity index (χ3n) is 3.02. The molecule has 0 atom stereocenters. The topological polar surface area (TPSA) is 62.0 Å². The van der Waals surface area contributed by atoms with E-state index in [1.54, 1.807) is 31.5 Å². The molecule has 0 radical (unpaired) electrons. The number of anilines is 1. The van der Waals surface area contributed by atoms with Crippen LogP contribution >= 0.6 is 0 Å². The van der Waals surface area contributed by atoms with Gasteiger partial charge in [-0.25, -0.2) is 9.97 Å². The van der Waals surface area contributed by atoms with E-state index in [4.69, 9.17) is 10.00 Å². The minimum atomic E-state index is 0.265. The summed E-state index contributed by atoms with van der Waals surface area (Å²) in [5, 5.41) is 8.65. The number of nitriles is 1. The standard InChI is InChI=1S/C15H16N4O/c1-11-8-12(4-5-14(11)20-3)13-9-17-15(18-10-13)19(2)7-6-16/h4-5,8-10H,7H2,1-3H3. The van der Waals surface area contributed by atoms with Crippen molar-refractivity contribution in [3.8, 4) is 22.9 Å². The average molecular weight is 268 g/mol. The smallest absolute Gasteiger partial charge is 0.225 e. The van der Waals surface area contributed by atoms with Gasteiger partial charge in [-0.15, -0.1) is 0 Å². The normalized spacial score (nSPS) is 9.90. The highest BCUT2D eigenvalue weighted by atomic mass is 16.5. The molecule has 0 amide bonds. The maximum atomic E-state index is 8.65. The van der Waals surface area contributed by atoms with Crippen LogP contribution in [0.1, 0.15) is 5.56 Å². The van der Waals surface area contributed by atoms with Gasteiger partial charge in [-0.05, 0) is 30.2 Å². The van der Waals surface area contributed by atoms with E-state index in [0.29, 0.717) is 5.95 Å². The van der Waals surface area contributed by atoms with E-state index in [1.165, 1.54) is 0 Å². The van der Waals surface area contributed by atoms with Crippen molar-refractivity contribution < 1.29 is 4.74 Å². The summed E-state index contributed by atoms with van der Waals surface area (Å²) in [7, 11) is 3.45. The first-order valence-electron chi connectivity index (χ1n) is 6.21. The number of hydrogen-bond acceptors (Lipinski definition) is 5. The molecule has 0 fully saturated rings. The first-order valence-corrected chi connectivity index (χ1v) is 6.21. The largest absolute Gasteiger partial charge is 0.496 e. The molecule has 0 aliphatic heterocycles. The van der Waals surface area contributed by atoms with Gasteiger partial charge in [0.15, 0.2) is 0 Å². The Kier molecular flexibility index (Phi) is 4.16. The highest BCUT2D eigenvalue weighted by Gasteiger charge is 2.06. The maximum Gasteiger partial charge on any atom is 0.225 e. The predicted octanol–water partition coefficient (Wildman–Crippen LogP) is 2.42. The molecule has 0 aliphatic carbocycles. The van der Waals surface area contributed by atoms with Gasteiger partial charge in [0.2, 0.25) is 5.95 Å². The van der Waals surface area contributed by atoms with Gasteiger partial charge in [0.1, 0.15) is 12.3 Å². The molecule has 1 aromatic heterocycles. The van der Waals surface area contributed by atoms with Gasteiger partial charge < -0.3 is 9.64 Å². The lowest BCUT2D eigenvalue weighted by atomic mass is 10.1. The Balaban J connectivity index is 2.26. The fourth-order valence-electron chi connectivity index (χ4n) is 1.90. The van der Waals surface area contributed by atoms with E-state index < -0.39 is 0 Å². The summed E-state index contributed by atoms with van der Waals surface area (Å²) in [5.41, 5.74) is 3.04. The summed E-state index contributed by atoms with van der Waals surface area (Å²) >= 11 is 0. The molecule has 0 N–H and O–H groups in total. The number of nitrogens with zero attached hydrogens (tertiary/aromatic N) is 4. The molecular weight excluding hydrogens is 252 g/mol. The summed E-state index contributed by atoms with van der Waals surface area (Å²) < 4.78 is 5.24.